The largest absolute Gasteiger partial charge is 0.427 e. The number of aromatic nitrogens is 2. The zero-order valence-electron chi connectivity index (χ0n) is 20.5. The van der Waals surface area contributed by atoms with Gasteiger partial charge in [0, 0.05) is 29.3 Å². The summed E-state index contributed by atoms with van der Waals surface area (Å²) in [6.45, 7) is 4.47. The average molecular weight is 469 g/mol. The Kier molecular flexibility index (Phi) is 11.0. The first-order valence-electron chi connectivity index (χ1n) is 13.0. The molecule has 0 radical (unpaired) electrons. The van der Waals surface area contributed by atoms with Crippen LogP contribution in [-0.2, 0) is 11.2 Å². The molecule has 180 valence electrons. The number of benzene rings is 1. The van der Waals surface area contributed by atoms with Crippen LogP contribution < -0.4 is 4.74 Å². The van der Waals surface area contributed by atoms with Gasteiger partial charge in [-0.05, 0) is 43.5 Å². The average Bonchev–Trinajstić information content (AvgIpc) is 3.38. The number of ether oxygens (including phenoxy) is 1. The molecule has 0 atom stereocenters. The third-order valence-corrected chi connectivity index (χ3v) is 7.15. The Bertz CT molecular complexity index is 927. The highest BCUT2D eigenvalue weighted by molar-refractivity contribution is 7.17. The maximum atomic E-state index is 12.1. The molecular formula is C28H40N2O2S. The lowest BCUT2D eigenvalue weighted by molar-refractivity contribution is -0.134. The van der Waals surface area contributed by atoms with Crippen molar-refractivity contribution in [2.24, 2.45) is 0 Å². The van der Waals surface area contributed by atoms with E-state index >= 15 is 0 Å². The number of aryl methyl sites for hydroxylation is 1. The quantitative estimate of drug-likeness (QED) is 0.120. The monoisotopic (exact) mass is 468 g/mol. The molecule has 0 amide bonds. The second kappa shape index (κ2) is 14.2. The second-order valence-corrected chi connectivity index (χ2v) is 10.1. The lowest BCUT2D eigenvalue weighted by Crippen LogP contribution is -2.07. The summed E-state index contributed by atoms with van der Waals surface area (Å²) < 4.78 is 7.64. The van der Waals surface area contributed by atoms with Gasteiger partial charge < -0.3 is 4.74 Å². The molecule has 0 fully saturated rings. The minimum Gasteiger partial charge on any atom is -0.427 e. The first-order valence-corrected chi connectivity index (χ1v) is 13.8. The molecule has 3 rings (SSSR count). The van der Waals surface area contributed by atoms with Gasteiger partial charge in [0.05, 0.1) is 5.69 Å². The summed E-state index contributed by atoms with van der Waals surface area (Å²) in [5.74, 6) is 0.468. The SMILES string of the molecule is CCCCCCCCC(=O)Oc1ccc(-c2cn3cc(CCCCCCCC)sc3n2)cc1. The smallest absolute Gasteiger partial charge is 0.311 e. The van der Waals surface area contributed by atoms with Crippen LogP contribution in [0.25, 0.3) is 16.2 Å². The van der Waals surface area contributed by atoms with Crippen LogP contribution in [0.3, 0.4) is 0 Å². The van der Waals surface area contributed by atoms with E-state index in [0.717, 1.165) is 35.5 Å². The number of esters is 1. The summed E-state index contributed by atoms with van der Waals surface area (Å²) in [6, 6.07) is 7.70. The van der Waals surface area contributed by atoms with Crippen LogP contribution in [0.2, 0.25) is 0 Å². The summed E-state index contributed by atoms with van der Waals surface area (Å²) in [7, 11) is 0. The highest BCUT2D eigenvalue weighted by Crippen LogP contribution is 2.26. The van der Waals surface area contributed by atoms with Crippen molar-refractivity contribution in [1.29, 1.82) is 0 Å². The molecule has 2 heterocycles. The Morgan fingerprint density at radius 3 is 2.15 bits per heavy atom. The molecule has 0 saturated heterocycles. The van der Waals surface area contributed by atoms with E-state index in [1.165, 1.54) is 69.1 Å². The molecule has 2 aromatic heterocycles. The van der Waals surface area contributed by atoms with Gasteiger partial charge in [-0.1, -0.05) is 78.1 Å². The fourth-order valence-corrected chi connectivity index (χ4v) is 5.11. The second-order valence-electron chi connectivity index (χ2n) is 9.05. The van der Waals surface area contributed by atoms with Crippen molar-refractivity contribution in [2.75, 3.05) is 0 Å². The number of hydrogen-bond acceptors (Lipinski definition) is 4. The Hall–Kier alpha value is -2.14. The predicted octanol–water partition coefficient (Wildman–Crippen LogP) is 8.62. The molecule has 3 aromatic rings. The highest BCUT2D eigenvalue weighted by Gasteiger charge is 2.10. The van der Waals surface area contributed by atoms with Crippen LogP contribution in [0.1, 0.15) is 102 Å². The van der Waals surface area contributed by atoms with Gasteiger partial charge in [0.15, 0.2) is 4.96 Å². The van der Waals surface area contributed by atoms with Crippen molar-refractivity contribution in [3.8, 4) is 17.0 Å². The Labute approximate surface area is 203 Å². The minimum atomic E-state index is -0.140. The third kappa shape index (κ3) is 8.62. The van der Waals surface area contributed by atoms with Crippen molar-refractivity contribution in [2.45, 2.75) is 104 Å². The lowest BCUT2D eigenvalue weighted by atomic mass is 10.1. The van der Waals surface area contributed by atoms with Crippen LogP contribution in [-0.4, -0.2) is 15.4 Å². The molecule has 0 bridgehead atoms. The van der Waals surface area contributed by atoms with Crippen molar-refractivity contribution in [1.82, 2.24) is 9.38 Å². The normalized spacial score (nSPS) is 11.3. The molecule has 0 N–H and O–H groups in total. The molecule has 33 heavy (non-hydrogen) atoms. The van der Waals surface area contributed by atoms with Crippen LogP contribution in [0, 0.1) is 0 Å². The Morgan fingerprint density at radius 2 is 1.48 bits per heavy atom. The van der Waals surface area contributed by atoms with E-state index in [1.54, 1.807) is 11.3 Å². The van der Waals surface area contributed by atoms with Crippen molar-refractivity contribution in [3.05, 3.63) is 41.5 Å². The summed E-state index contributed by atoms with van der Waals surface area (Å²) in [5, 5.41) is 0. The van der Waals surface area contributed by atoms with Crippen molar-refractivity contribution >= 4 is 22.3 Å². The van der Waals surface area contributed by atoms with E-state index in [2.05, 4.69) is 30.6 Å². The molecule has 0 aliphatic heterocycles. The minimum absolute atomic E-state index is 0.140. The van der Waals surface area contributed by atoms with Gasteiger partial charge in [-0.2, -0.15) is 0 Å². The number of hydrogen-bond donors (Lipinski definition) is 0. The molecule has 5 heteroatoms. The van der Waals surface area contributed by atoms with E-state index in [-0.39, 0.29) is 5.97 Å². The first-order chi connectivity index (χ1) is 16.2. The maximum Gasteiger partial charge on any atom is 0.311 e. The number of rotatable bonds is 16. The lowest BCUT2D eigenvalue weighted by Gasteiger charge is -2.05. The van der Waals surface area contributed by atoms with Crippen molar-refractivity contribution < 1.29 is 9.53 Å². The number of carbonyl (C=O) groups excluding carboxylic acids is 1. The highest BCUT2D eigenvalue weighted by atomic mass is 32.1. The standard InChI is InChI=1S/C28H40N2O2S/c1-3-5-7-9-11-13-15-25-21-30-22-26(29-28(30)33-25)23-17-19-24(20-18-23)32-27(31)16-14-12-10-8-6-4-2/h17-22H,3-16H2,1-2H3. The number of carbonyl (C=O) groups is 1. The molecular weight excluding hydrogens is 428 g/mol. The van der Waals surface area contributed by atoms with Gasteiger partial charge in [-0.3, -0.25) is 9.20 Å². The van der Waals surface area contributed by atoms with Gasteiger partial charge in [0.2, 0.25) is 0 Å². The van der Waals surface area contributed by atoms with Crippen LogP contribution in [0.4, 0.5) is 0 Å². The molecule has 0 spiro atoms. The molecule has 4 nitrogen and oxygen atoms in total. The number of nitrogens with zero attached hydrogens (tertiary/aromatic N) is 2. The zero-order valence-corrected chi connectivity index (χ0v) is 21.3. The number of fused-ring (bicyclic) bond motifs is 1. The van der Waals surface area contributed by atoms with E-state index < -0.39 is 0 Å². The summed E-state index contributed by atoms with van der Waals surface area (Å²) in [6.07, 6.45) is 20.9. The molecule has 0 aliphatic carbocycles. The van der Waals surface area contributed by atoms with Crippen molar-refractivity contribution in [3.63, 3.8) is 0 Å². The number of imidazole rings is 1. The van der Waals surface area contributed by atoms with Gasteiger partial charge in [-0.15, -0.1) is 11.3 Å². The van der Waals surface area contributed by atoms with Crippen LogP contribution in [0.5, 0.6) is 5.75 Å². The molecule has 0 aliphatic rings. The van der Waals surface area contributed by atoms with E-state index in [9.17, 15) is 4.79 Å². The summed E-state index contributed by atoms with van der Waals surface area (Å²) in [5.41, 5.74) is 2.00. The maximum absolute atomic E-state index is 12.1. The van der Waals surface area contributed by atoms with Gasteiger partial charge in [-0.25, -0.2) is 4.98 Å². The Morgan fingerprint density at radius 1 is 0.848 bits per heavy atom. The van der Waals surface area contributed by atoms with Crippen LogP contribution in [0.15, 0.2) is 36.7 Å². The van der Waals surface area contributed by atoms with E-state index in [4.69, 9.17) is 9.72 Å². The molecule has 0 unspecified atom stereocenters. The van der Waals surface area contributed by atoms with Gasteiger partial charge in [0.25, 0.3) is 0 Å². The van der Waals surface area contributed by atoms with Crippen LogP contribution >= 0.6 is 11.3 Å². The summed E-state index contributed by atoms with van der Waals surface area (Å²) >= 11 is 1.79. The Balaban J connectivity index is 1.43. The first kappa shape index (κ1) is 25.5. The number of unbranched alkanes of at least 4 members (excludes halogenated alkanes) is 10. The zero-order chi connectivity index (χ0) is 23.3. The fourth-order valence-electron chi connectivity index (χ4n) is 4.10. The predicted molar refractivity (Wildman–Crippen MR) is 139 cm³/mol. The van der Waals surface area contributed by atoms with E-state index in [1.807, 2.05) is 24.3 Å². The fraction of sp³-hybridized carbons (Fsp3) is 0.571. The van der Waals surface area contributed by atoms with Gasteiger partial charge in [0.1, 0.15) is 5.75 Å². The van der Waals surface area contributed by atoms with Gasteiger partial charge >= 0.3 is 5.97 Å². The summed E-state index contributed by atoms with van der Waals surface area (Å²) in [4.78, 5) is 19.3. The van der Waals surface area contributed by atoms with E-state index in [0.29, 0.717) is 12.2 Å². The topological polar surface area (TPSA) is 43.6 Å². The molecule has 0 saturated carbocycles. The number of thiazole rings is 1. The molecule has 1 aromatic carbocycles. The third-order valence-electron chi connectivity index (χ3n) is 6.10.